The van der Waals surface area contributed by atoms with E-state index in [2.05, 4.69) is 21.4 Å². The van der Waals surface area contributed by atoms with Crippen LogP contribution in [0.2, 0.25) is 5.02 Å². The SMILES string of the molecule is CSc1nc(NCCO)c(C#N)c(-c2ccc(Cl)cc2)n1. The van der Waals surface area contributed by atoms with Crippen molar-refractivity contribution in [2.24, 2.45) is 0 Å². The number of benzene rings is 1. The molecule has 0 fully saturated rings. The molecule has 1 aromatic carbocycles. The fraction of sp³-hybridized carbons (Fsp3) is 0.214. The van der Waals surface area contributed by atoms with E-state index in [1.165, 1.54) is 11.8 Å². The monoisotopic (exact) mass is 320 g/mol. The van der Waals surface area contributed by atoms with E-state index >= 15 is 0 Å². The van der Waals surface area contributed by atoms with Gasteiger partial charge in [0.1, 0.15) is 17.5 Å². The lowest BCUT2D eigenvalue weighted by atomic mass is 10.1. The van der Waals surface area contributed by atoms with E-state index in [-0.39, 0.29) is 6.61 Å². The number of aliphatic hydroxyl groups excluding tert-OH is 1. The molecule has 2 rings (SSSR count). The van der Waals surface area contributed by atoms with Gasteiger partial charge in [-0.1, -0.05) is 35.5 Å². The molecule has 7 heteroatoms. The third-order valence-electron chi connectivity index (χ3n) is 2.70. The van der Waals surface area contributed by atoms with E-state index < -0.39 is 0 Å². The molecule has 2 aromatic rings. The number of aromatic nitrogens is 2. The van der Waals surface area contributed by atoms with Gasteiger partial charge in [-0.25, -0.2) is 9.97 Å². The Morgan fingerprint density at radius 2 is 2.05 bits per heavy atom. The summed E-state index contributed by atoms with van der Waals surface area (Å²) in [7, 11) is 0. The Bertz CT molecular complexity index is 670. The molecule has 108 valence electrons. The predicted molar refractivity (Wildman–Crippen MR) is 84.5 cm³/mol. The number of anilines is 1. The van der Waals surface area contributed by atoms with Crippen molar-refractivity contribution in [2.45, 2.75) is 5.16 Å². The van der Waals surface area contributed by atoms with E-state index in [0.717, 1.165) is 5.56 Å². The Kier molecular flexibility index (Phi) is 5.39. The maximum absolute atomic E-state index is 9.41. The number of nitrogens with one attached hydrogen (secondary N) is 1. The topological polar surface area (TPSA) is 81.8 Å². The van der Waals surface area contributed by atoms with Crippen LogP contribution in [0, 0.1) is 11.3 Å². The van der Waals surface area contributed by atoms with Crippen LogP contribution in [0.25, 0.3) is 11.3 Å². The highest BCUT2D eigenvalue weighted by molar-refractivity contribution is 7.98. The van der Waals surface area contributed by atoms with Crippen molar-refractivity contribution in [3.05, 3.63) is 34.9 Å². The highest BCUT2D eigenvalue weighted by Gasteiger charge is 2.15. The summed E-state index contributed by atoms with van der Waals surface area (Å²) in [6, 6.07) is 9.25. The highest BCUT2D eigenvalue weighted by Crippen LogP contribution is 2.29. The molecular weight excluding hydrogens is 308 g/mol. The van der Waals surface area contributed by atoms with Gasteiger partial charge in [-0.3, -0.25) is 0 Å². The zero-order valence-electron chi connectivity index (χ0n) is 11.3. The number of hydrogen-bond donors (Lipinski definition) is 2. The van der Waals surface area contributed by atoms with Gasteiger partial charge in [-0.05, 0) is 18.4 Å². The van der Waals surface area contributed by atoms with Crippen molar-refractivity contribution >= 4 is 29.2 Å². The van der Waals surface area contributed by atoms with Gasteiger partial charge in [0.05, 0.1) is 12.3 Å². The summed E-state index contributed by atoms with van der Waals surface area (Å²) in [5.41, 5.74) is 1.69. The van der Waals surface area contributed by atoms with Crippen molar-refractivity contribution in [3.8, 4) is 17.3 Å². The Labute approximate surface area is 132 Å². The lowest BCUT2D eigenvalue weighted by molar-refractivity contribution is 0.311. The maximum Gasteiger partial charge on any atom is 0.189 e. The summed E-state index contributed by atoms with van der Waals surface area (Å²) in [6.07, 6.45) is 1.86. The molecular formula is C14H13ClN4OS. The van der Waals surface area contributed by atoms with E-state index in [1.54, 1.807) is 12.1 Å². The number of rotatable bonds is 5. The van der Waals surface area contributed by atoms with Crippen LogP contribution >= 0.6 is 23.4 Å². The van der Waals surface area contributed by atoms with Crippen LogP contribution in [0.3, 0.4) is 0 Å². The van der Waals surface area contributed by atoms with Gasteiger partial charge in [-0.2, -0.15) is 5.26 Å². The number of thioether (sulfide) groups is 1. The van der Waals surface area contributed by atoms with E-state index in [9.17, 15) is 5.26 Å². The largest absolute Gasteiger partial charge is 0.395 e. The molecule has 0 amide bonds. The molecule has 0 unspecified atom stereocenters. The Balaban J connectivity index is 2.57. The summed E-state index contributed by atoms with van der Waals surface area (Å²) in [4.78, 5) is 8.70. The minimum atomic E-state index is -0.0419. The summed E-state index contributed by atoms with van der Waals surface area (Å²) in [5.74, 6) is 0.427. The molecule has 0 aliphatic rings. The van der Waals surface area contributed by atoms with Crippen LogP contribution in [0.15, 0.2) is 29.4 Å². The number of nitriles is 1. The lowest BCUT2D eigenvalue weighted by Crippen LogP contribution is -2.10. The van der Waals surface area contributed by atoms with Crippen molar-refractivity contribution in [1.82, 2.24) is 9.97 Å². The number of halogens is 1. The second kappa shape index (κ2) is 7.27. The first-order valence-electron chi connectivity index (χ1n) is 6.16. The molecule has 0 radical (unpaired) electrons. The Morgan fingerprint density at radius 1 is 1.33 bits per heavy atom. The molecule has 0 atom stereocenters. The molecule has 0 saturated heterocycles. The summed E-state index contributed by atoms with van der Waals surface area (Å²) >= 11 is 7.28. The van der Waals surface area contributed by atoms with Crippen LogP contribution in [0.4, 0.5) is 5.82 Å². The van der Waals surface area contributed by atoms with Gasteiger partial charge < -0.3 is 10.4 Å². The molecule has 1 heterocycles. The number of hydrogen-bond acceptors (Lipinski definition) is 6. The average Bonchev–Trinajstić information content (AvgIpc) is 2.52. The van der Waals surface area contributed by atoms with Crippen molar-refractivity contribution in [3.63, 3.8) is 0 Å². The first-order chi connectivity index (χ1) is 10.2. The molecule has 1 aromatic heterocycles. The zero-order chi connectivity index (χ0) is 15.2. The smallest absolute Gasteiger partial charge is 0.189 e. The van der Waals surface area contributed by atoms with Gasteiger partial charge >= 0.3 is 0 Å². The summed E-state index contributed by atoms with van der Waals surface area (Å²) < 4.78 is 0. The summed E-state index contributed by atoms with van der Waals surface area (Å²) in [6.45, 7) is 0.277. The van der Waals surface area contributed by atoms with Crippen molar-refractivity contribution < 1.29 is 5.11 Å². The van der Waals surface area contributed by atoms with E-state index in [0.29, 0.717) is 33.8 Å². The normalized spacial score (nSPS) is 10.2. The third-order valence-corrected chi connectivity index (χ3v) is 3.50. The molecule has 0 spiro atoms. The summed E-state index contributed by atoms with van der Waals surface area (Å²) in [5, 5.41) is 22.5. The zero-order valence-corrected chi connectivity index (χ0v) is 12.9. The predicted octanol–water partition coefficient (Wildman–Crippen LogP) is 2.79. The molecule has 0 aliphatic heterocycles. The third kappa shape index (κ3) is 3.64. The fourth-order valence-corrected chi connectivity index (χ4v) is 2.25. The van der Waals surface area contributed by atoms with Crippen LogP contribution in [-0.4, -0.2) is 34.5 Å². The van der Waals surface area contributed by atoms with Gasteiger partial charge in [0.15, 0.2) is 5.16 Å². The van der Waals surface area contributed by atoms with Gasteiger partial charge in [-0.15, -0.1) is 0 Å². The molecule has 0 bridgehead atoms. The molecule has 2 N–H and O–H groups in total. The Morgan fingerprint density at radius 3 is 2.62 bits per heavy atom. The first-order valence-corrected chi connectivity index (χ1v) is 7.76. The Hall–Kier alpha value is -1.81. The van der Waals surface area contributed by atoms with Crippen molar-refractivity contribution in [2.75, 3.05) is 24.7 Å². The molecule has 5 nitrogen and oxygen atoms in total. The second-order valence-electron chi connectivity index (χ2n) is 4.05. The number of aliphatic hydroxyl groups is 1. The van der Waals surface area contributed by atoms with Crippen LogP contribution in [-0.2, 0) is 0 Å². The van der Waals surface area contributed by atoms with Crippen LogP contribution < -0.4 is 5.32 Å². The molecule has 21 heavy (non-hydrogen) atoms. The van der Waals surface area contributed by atoms with E-state index in [1.807, 2.05) is 18.4 Å². The van der Waals surface area contributed by atoms with E-state index in [4.69, 9.17) is 16.7 Å². The van der Waals surface area contributed by atoms with Crippen molar-refractivity contribution in [1.29, 1.82) is 5.26 Å². The minimum absolute atomic E-state index is 0.0419. The fourth-order valence-electron chi connectivity index (χ4n) is 1.76. The average molecular weight is 321 g/mol. The first kappa shape index (κ1) is 15.6. The molecule has 0 aliphatic carbocycles. The van der Waals surface area contributed by atoms with Gasteiger partial charge in [0.2, 0.25) is 0 Å². The van der Waals surface area contributed by atoms with Gasteiger partial charge in [0, 0.05) is 17.1 Å². The van der Waals surface area contributed by atoms with Gasteiger partial charge in [0.25, 0.3) is 0 Å². The maximum atomic E-state index is 9.41. The minimum Gasteiger partial charge on any atom is -0.395 e. The highest BCUT2D eigenvalue weighted by atomic mass is 35.5. The van der Waals surface area contributed by atoms with Crippen LogP contribution in [0.5, 0.6) is 0 Å². The standard InChI is InChI=1S/C14H13ClN4OS/c1-21-14-18-12(9-2-4-10(15)5-3-9)11(8-16)13(19-14)17-6-7-20/h2-5,20H,6-7H2,1H3,(H,17,18,19). The molecule has 0 saturated carbocycles. The quantitative estimate of drug-likeness (QED) is 0.651. The number of nitrogens with zero attached hydrogens (tertiary/aromatic N) is 3. The lowest BCUT2D eigenvalue weighted by Gasteiger charge is -2.11. The second-order valence-corrected chi connectivity index (χ2v) is 5.26. The van der Waals surface area contributed by atoms with Crippen LogP contribution in [0.1, 0.15) is 5.56 Å².